The SMILES string of the molecule is O=C(O)CCCNC(=O)[C@H]1C[C@H]1c1ccccc1C(F)(F)F. The smallest absolute Gasteiger partial charge is 0.416 e. The summed E-state index contributed by atoms with van der Waals surface area (Å²) in [5.41, 5.74) is -0.540. The maximum Gasteiger partial charge on any atom is 0.416 e. The molecule has 0 unspecified atom stereocenters. The van der Waals surface area contributed by atoms with E-state index < -0.39 is 29.5 Å². The molecule has 1 aliphatic carbocycles. The first kappa shape index (κ1) is 16.3. The summed E-state index contributed by atoms with van der Waals surface area (Å²) in [6.45, 7) is 0.218. The predicted octanol–water partition coefficient (Wildman–Crippen LogP) is 2.79. The molecule has 0 aromatic heterocycles. The zero-order valence-corrected chi connectivity index (χ0v) is 11.7. The van der Waals surface area contributed by atoms with Crippen LogP contribution in [0.5, 0.6) is 0 Å². The molecule has 0 bridgehead atoms. The van der Waals surface area contributed by atoms with Crippen LogP contribution in [0.3, 0.4) is 0 Å². The van der Waals surface area contributed by atoms with E-state index in [1.54, 1.807) is 0 Å². The van der Waals surface area contributed by atoms with E-state index in [-0.39, 0.29) is 24.4 Å². The Kier molecular flexibility index (Phi) is 4.73. The Morgan fingerprint density at radius 1 is 1.27 bits per heavy atom. The highest BCUT2D eigenvalue weighted by molar-refractivity contribution is 5.83. The summed E-state index contributed by atoms with van der Waals surface area (Å²) in [4.78, 5) is 22.2. The molecule has 1 aromatic carbocycles. The van der Waals surface area contributed by atoms with Crippen molar-refractivity contribution in [3.05, 3.63) is 35.4 Å². The summed E-state index contributed by atoms with van der Waals surface area (Å²) < 4.78 is 38.8. The minimum Gasteiger partial charge on any atom is -0.481 e. The van der Waals surface area contributed by atoms with Gasteiger partial charge in [0.1, 0.15) is 0 Å². The van der Waals surface area contributed by atoms with E-state index in [4.69, 9.17) is 5.11 Å². The van der Waals surface area contributed by atoms with Gasteiger partial charge in [-0.2, -0.15) is 13.2 Å². The van der Waals surface area contributed by atoms with Crippen LogP contribution >= 0.6 is 0 Å². The molecule has 7 heteroatoms. The lowest BCUT2D eigenvalue weighted by molar-refractivity contribution is -0.138. The molecule has 2 atom stereocenters. The predicted molar refractivity (Wildman–Crippen MR) is 72.2 cm³/mol. The molecule has 2 rings (SSSR count). The van der Waals surface area contributed by atoms with Gasteiger partial charge in [-0.1, -0.05) is 18.2 Å². The lowest BCUT2D eigenvalue weighted by Gasteiger charge is -2.12. The van der Waals surface area contributed by atoms with Crippen molar-refractivity contribution in [1.82, 2.24) is 5.32 Å². The van der Waals surface area contributed by atoms with Crippen molar-refractivity contribution in [2.75, 3.05) is 6.54 Å². The molecular formula is C15H16F3NO3. The van der Waals surface area contributed by atoms with Crippen LogP contribution in [-0.2, 0) is 15.8 Å². The number of carbonyl (C=O) groups is 2. The minimum absolute atomic E-state index is 0.0503. The average molecular weight is 315 g/mol. The highest BCUT2D eigenvalue weighted by atomic mass is 19.4. The van der Waals surface area contributed by atoms with Crippen molar-refractivity contribution in [3.63, 3.8) is 0 Å². The van der Waals surface area contributed by atoms with Gasteiger partial charge in [-0.05, 0) is 30.4 Å². The first-order chi connectivity index (χ1) is 10.3. The van der Waals surface area contributed by atoms with Gasteiger partial charge in [-0.15, -0.1) is 0 Å². The van der Waals surface area contributed by atoms with Gasteiger partial charge in [0.25, 0.3) is 0 Å². The zero-order chi connectivity index (χ0) is 16.3. The summed E-state index contributed by atoms with van der Waals surface area (Å²) in [6.07, 6.45) is -3.79. The molecular weight excluding hydrogens is 299 g/mol. The number of carboxylic acid groups (broad SMARTS) is 1. The lowest BCUT2D eigenvalue weighted by Crippen LogP contribution is -2.27. The van der Waals surface area contributed by atoms with Crippen LogP contribution in [0.4, 0.5) is 13.2 Å². The third kappa shape index (κ3) is 3.99. The monoisotopic (exact) mass is 315 g/mol. The van der Waals surface area contributed by atoms with Crippen LogP contribution in [0.2, 0.25) is 0 Å². The van der Waals surface area contributed by atoms with Crippen LogP contribution in [0.1, 0.15) is 36.3 Å². The number of carboxylic acids is 1. The molecule has 1 aromatic rings. The van der Waals surface area contributed by atoms with Gasteiger partial charge in [0, 0.05) is 18.9 Å². The summed E-state index contributed by atoms with van der Waals surface area (Å²) in [6, 6.07) is 5.29. The van der Waals surface area contributed by atoms with Crippen molar-refractivity contribution in [2.45, 2.75) is 31.4 Å². The Morgan fingerprint density at radius 3 is 2.59 bits per heavy atom. The van der Waals surface area contributed by atoms with Gasteiger partial charge in [-0.25, -0.2) is 0 Å². The van der Waals surface area contributed by atoms with Gasteiger partial charge >= 0.3 is 12.1 Å². The number of hydrogen-bond donors (Lipinski definition) is 2. The highest BCUT2D eigenvalue weighted by Crippen LogP contribution is 2.50. The van der Waals surface area contributed by atoms with E-state index in [0.717, 1.165) is 6.07 Å². The lowest BCUT2D eigenvalue weighted by atomic mass is 10.0. The Morgan fingerprint density at radius 2 is 1.95 bits per heavy atom. The number of benzene rings is 1. The van der Waals surface area contributed by atoms with Crippen molar-refractivity contribution in [2.24, 2.45) is 5.92 Å². The van der Waals surface area contributed by atoms with Gasteiger partial charge in [0.2, 0.25) is 5.91 Å². The van der Waals surface area contributed by atoms with Crippen LogP contribution in [-0.4, -0.2) is 23.5 Å². The van der Waals surface area contributed by atoms with E-state index in [1.807, 2.05) is 0 Å². The fourth-order valence-electron chi connectivity index (χ4n) is 2.49. The van der Waals surface area contributed by atoms with Crippen LogP contribution in [0.15, 0.2) is 24.3 Å². The molecule has 4 nitrogen and oxygen atoms in total. The van der Waals surface area contributed by atoms with E-state index in [2.05, 4.69) is 5.32 Å². The standard InChI is InChI=1S/C15H16F3NO3/c16-15(17,18)12-5-2-1-4-9(12)10-8-11(10)14(22)19-7-3-6-13(20)21/h1-2,4-5,10-11H,3,6-8H2,(H,19,22)(H,20,21)/t10-,11-/m0/s1. The summed E-state index contributed by atoms with van der Waals surface area (Å²) in [5.74, 6) is -2.14. The number of rotatable bonds is 6. The maximum absolute atomic E-state index is 12.9. The molecule has 1 amide bonds. The fraction of sp³-hybridized carbons (Fsp3) is 0.467. The van der Waals surface area contributed by atoms with Crippen molar-refractivity contribution >= 4 is 11.9 Å². The normalized spacial score (nSPS) is 20.5. The summed E-state index contributed by atoms with van der Waals surface area (Å²) in [7, 11) is 0. The quantitative estimate of drug-likeness (QED) is 0.793. The van der Waals surface area contributed by atoms with E-state index in [1.165, 1.54) is 18.2 Å². The number of hydrogen-bond acceptors (Lipinski definition) is 2. The minimum atomic E-state index is -4.43. The Bertz CT molecular complexity index is 571. The first-order valence-corrected chi connectivity index (χ1v) is 6.96. The Labute approximate surface area is 125 Å². The zero-order valence-electron chi connectivity index (χ0n) is 11.7. The Balaban J connectivity index is 1.92. The summed E-state index contributed by atoms with van der Waals surface area (Å²) >= 11 is 0. The van der Waals surface area contributed by atoms with Crippen LogP contribution in [0.25, 0.3) is 0 Å². The number of aliphatic carboxylic acids is 1. The average Bonchev–Trinajstić information content (AvgIpc) is 3.22. The second-order valence-corrected chi connectivity index (χ2v) is 5.32. The van der Waals surface area contributed by atoms with Crippen molar-refractivity contribution in [3.8, 4) is 0 Å². The molecule has 2 N–H and O–H groups in total. The van der Waals surface area contributed by atoms with Crippen molar-refractivity contribution < 1.29 is 27.9 Å². The third-order valence-electron chi connectivity index (χ3n) is 3.66. The Hall–Kier alpha value is -2.05. The molecule has 1 fully saturated rings. The molecule has 120 valence electrons. The van der Waals surface area contributed by atoms with Crippen LogP contribution < -0.4 is 5.32 Å². The topological polar surface area (TPSA) is 66.4 Å². The maximum atomic E-state index is 12.9. The summed E-state index contributed by atoms with van der Waals surface area (Å²) in [5, 5.41) is 11.1. The largest absolute Gasteiger partial charge is 0.481 e. The van der Waals surface area contributed by atoms with Crippen molar-refractivity contribution in [1.29, 1.82) is 0 Å². The third-order valence-corrected chi connectivity index (χ3v) is 3.66. The van der Waals surface area contributed by atoms with E-state index in [9.17, 15) is 22.8 Å². The second kappa shape index (κ2) is 6.37. The molecule has 1 saturated carbocycles. The van der Waals surface area contributed by atoms with Gasteiger partial charge < -0.3 is 10.4 Å². The fourth-order valence-corrected chi connectivity index (χ4v) is 2.49. The molecule has 22 heavy (non-hydrogen) atoms. The molecule has 1 aliphatic rings. The molecule has 0 saturated heterocycles. The molecule has 0 heterocycles. The van der Waals surface area contributed by atoms with Gasteiger partial charge in [0.15, 0.2) is 0 Å². The number of nitrogens with one attached hydrogen (secondary N) is 1. The number of amides is 1. The highest BCUT2D eigenvalue weighted by Gasteiger charge is 2.47. The number of halogens is 3. The number of alkyl halides is 3. The molecule has 0 spiro atoms. The van der Waals surface area contributed by atoms with Crippen LogP contribution in [0, 0.1) is 5.92 Å². The van der Waals surface area contributed by atoms with Gasteiger partial charge in [0.05, 0.1) is 5.56 Å². The van der Waals surface area contributed by atoms with E-state index in [0.29, 0.717) is 12.8 Å². The van der Waals surface area contributed by atoms with E-state index >= 15 is 0 Å². The first-order valence-electron chi connectivity index (χ1n) is 6.96. The molecule has 0 aliphatic heterocycles. The second-order valence-electron chi connectivity index (χ2n) is 5.32. The molecule has 0 radical (unpaired) electrons. The number of carbonyl (C=O) groups excluding carboxylic acids is 1. The van der Waals surface area contributed by atoms with Gasteiger partial charge in [-0.3, -0.25) is 9.59 Å².